The fraction of sp³-hybridized carbons (Fsp3) is 0.391. The Labute approximate surface area is 178 Å². The molecular formula is C23H30N4O3. The van der Waals surface area contributed by atoms with Gasteiger partial charge in [-0.2, -0.15) is 0 Å². The highest BCUT2D eigenvalue weighted by molar-refractivity contribution is 5.97. The summed E-state index contributed by atoms with van der Waals surface area (Å²) in [6.07, 6.45) is 1.64. The molecule has 0 aliphatic carbocycles. The summed E-state index contributed by atoms with van der Waals surface area (Å²) in [7, 11) is 3.45. The Morgan fingerprint density at radius 3 is 2.80 bits per heavy atom. The number of fused-ring (bicyclic) bond motifs is 1. The second-order valence-electron chi connectivity index (χ2n) is 7.15. The van der Waals surface area contributed by atoms with Gasteiger partial charge >= 0.3 is 0 Å². The van der Waals surface area contributed by atoms with E-state index in [4.69, 9.17) is 9.47 Å². The molecule has 1 aliphatic heterocycles. The van der Waals surface area contributed by atoms with Gasteiger partial charge in [0, 0.05) is 26.7 Å². The summed E-state index contributed by atoms with van der Waals surface area (Å²) in [5.41, 5.74) is 3.22. The van der Waals surface area contributed by atoms with E-state index < -0.39 is 0 Å². The van der Waals surface area contributed by atoms with Crippen molar-refractivity contribution in [1.29, 1.82) is 0 Å². The second kappa shape index (κ2) is 10.5. The molecule has 3 rings (SSSR count). The molecule has 2 N–H and O–H groups in total. The first kappa shape index (κ1) is 21.5. The molecule has 1 amide bonds. The predicted octanol–water partition coefficient (Wildman–Crippen LogP) is 2.53. The number of hydrogen-bond acceptors (Lipinski definition) is 4. The largest absolute Gasteiger partial charge is 0.496 e. The molecule has 0 spiro atoms. The first-order chi connectivity index (χ1) is 14.6. The third-order valence-electron chi connectivity index (χ3n) is 5.01. The summed E-state index contributed by atoms with van der Waals surface area (Å²) in [6.45, 7) is 4.25. The molecule has 7 heteroatoms. The lowest BCUT2D eigenvalue weighted by atomic mass is 10.1. The molecule has 1 aliphatic rings. The zero-order valence-corrected chi connectivity index (χ0v) is 17.9. The van der Waals surface area contributed by atoms with E-state index in [0.717, 1.165) is 42.5 Å². The van der Waals surface area contributed by atoms with Gasteiger partial charge in [-0.15, -0.1) is 0 Å². The maximum atomic E-state index is 12.2. The number of aryl methyl sites for hydroxylation is 1. The summed E-state index contributed by atoms with van der Waals surface area (Å²) >= 11 is 0. The Hall–Kier alpha value is -3.22. The Balaban J connectivity index is 1.43. The van der Waals surface area contributed by atoms with Crippen molar-refractivity contribution in [1.82, 2.24) is 10.6 Å². The van der Waals surface area contributed by atoms with Crippen LogP contribution in [-0.4, -0.2) is 52.3 Å². The number of carbonyl (C=O) groups excluding carboxylic acids is 1. The van der Waals surface area contributed by atoms with Crippen LogP contribution in [0.25, 0.3) is 0 Å². The number of anilines is 1. The van der Waals surface area contributed by atoms with Gasteiger partial charge in [-0.1, -0.05) is 29.8 Å². The van der Waals surface area contributed by atoms with Gasteiger partial charge in [-0.25, -0.2) is 0 Å². The van der Waals surface area contributed by atoms with Crippen LogP contribution >= 0.6 is 0 Å². The van der Waals surface area contributed by atoms with E-state index in [-0.39, 0.29) is 12.5 Å². The van der Waals surface area contributed by atoms with Gasteiger partial charge in [0.1, 0.15) is 11.5 Å². The molecule has 2 aromatic carbocycles. The number of benzene rings is 2. The summed E-state index contributed by atoms with van der Waals surface area (Å²) in [6, 6.07) is 13.8. The van der Waals surface area contributed by atoms with Gasteiger partial charge < -0.3 is 25.0 Å². The molecule has 30 heavy (non-hydrogen) atoms. The minimum Gasteiger partial charge on any atom is -0.496 e. The van der Waals surface area contributed by atoms with E-state index in [1.165, 1.54) is 11.1 Å². The van der Waals surface area contributed by atoms with Crippen LogP contribution in [0.5, 0.6) is 11.5 Å². The average molecular weight is 411 g/mol. The van der Waals surface area contributed by atoms with Crippen LogP contribution in [0.3, 0.4) is 0 Å². The zero-order valence-electron chi connectivity index (χ0n) is 17.9. The van der Waals surface area contributed by atoms with E-state index in [9.17, 15) is 4.79 Å². The lowest BCUT2D eigenvalue weighted by molar-refractivity contribution is -0.121. The maximum Gasteiger partial charge on any atom is 0.265 e. The third kappa shape index (κ3) is 5.43. The lowest BCUT2D eigenvalue weighted by Gasteiger charge is -2.29. The molecule has 0 radical (unpaired) electrons. The molecule has 0 fully saturated rings. The first-order valence-corrected chi connectivity index (χ1v) is 10.2. The van der Waals surface area contributed by atoms with Crippen LogP contribution in [0, 0.1) is 6.92 Å². The van der Waals surface area contributed by atoms with E-state index in [1.54, 1.807) is 19.1 Å². The summed E-state index contributed by atoms with van der Waals surface area (Å²) in [5, 5.41) is 6.65. The normalized spacial score (nSPS) is 13.5. The zero-order chi connectivity index (χ0) is 21.3. The highest BCUT2D eigenvalue weighted by atomic mass is 16.5. The standard InChI is InChI=1S/C23H30N4O3/c1-17-9-10-20(29-3)18(15-17)11-13-26-23(24-2)25-12-6-14-27-19-7-4-5-8-21(19)30-16-22(27)28/h4-5,7-10,15H,6,11-14,16H2,1-3H3,(H2,24,25,26). The Morgan fingerprint density at radius 1 is 1.20 bits per heavy atom. The van der Waals surface area contributed by atoms with Gasteiger partial charge in [-0.05, 0) is 43.5 Å². The van der Waals surface area contributed by atoms with Crippen LogP contribution in [0.15, 0.2) is 47.5 Å². The molecular weight excluding hydrogens is 380 g/mol. The van der Waals surface area contributed by atoms with Gasteiger partial charge in [0.05, 0.1) is 12.8 Å². The highest BCUT2D eigenvalue weighted by Crippen LogP contribution is 2.31. The number of carbonyl (C=O) groups is 1. The van der Waals surface area contributed by atoms with E-state index >= 15 is 0 Å². The molecule has 0 saturated heterocycles. The number of amides is 1. The van der Waals surface area contributed by atoms with Crippen LogP contribution in [0.2, 0.25) is 0 Å². The topological polar surface area (TPSA) is 75.2 Å². The Morgan fingerprint density at radius 2 is 2.00 bits per heavy atom. The predicted molar refractivity (Wildman–Crippen MR) is 120 cm³/mol. The van der Waals surface area contributed by atoms with Crippen molar-refractivity contribution in [2.45, 2.75) is 19.8 Å². The number of nitrogens with zero attached hydrogens (tertiary/aromatic N) is 2. The SMILES string of the molecule is CN=C(NCCCN1C(=O)COc2ccccc21)NCCc1cc(C)ccc1OC. The van der Waals surface area contributed by atoms with Crippen molar-refractivity contribution < 1.29 is 14.3 Å². The van der Waals surface area contributed by atoms with Crippen LogP contribution in [0.1, 0.15) is 17.5 Å². The first-order valence-electron chi connectivity index (χ1n) is 10.2. The summed E-state index contributed by atoms with van der Waals surface area (Å²) in [4.78, 5) is 18.3. The number of hydrogen-bond donors (Lipinski definition) is 2. The van der Waals surface area contributed by atoms with Gasteiger partial charge in [0.15, 0.2) is 12.6 Å². The molecule has 0 atom stereocenters. The summed E-state index contributed by atoms with van der Waals surface area (Å²) in [5.74, 6) is 2.40. The maximum absolute atomic E-state index is 12.2. The number of para-hydroxylation sites is 2. The Bertz CT molecular complexity index is 898. The second-order valence-corrected chi connectivity index (χ2v) is 7.15. The van der Waals surface area contributed by atoms with Crippen molar-refractivity contribution in [2.24, 2.45) is 4.99 Å². The van der Waals surface area contributed by atoms with Crippen molar-refractivity contribution in [3.8, 4) is 11.5 Å². The number of guanidine groups is 1. The highest BCUT2D eigenvalue weighted by Gasteiger charge is 2.24. The van der Waals surface area contributed by atoms with Crippen molar-refractivity contribution in [3.63, 3.8) is 0 Å². The molecule has 0 unspecified atom stereocenters. The molecule has 2 aromatic rings. The van der Waals surface area contributed by atoms with E-state index in [2.05, 4.69) is 28.6 Å². The monoisotopic (exact) mass is 410 g/mol. The lowest BCUT2D eigenvalue weighted by Crippen LogP contribution is -2.42. The van der Waals surface area contributed by atoms with Crippen LogP contribution in [0.4, 0.5) is 5.69 Å². The van der Waals surface area contributed by atoms with Gasteiger partial charge in [-0.3, -0.25) is 9.79 Å². The molecule has 160 valence electrons. The fourth-order valence-corrected chi connectivity index (χ4v) is 3.48. The van der Waals surface area contributed by atoms with Crippen molar-refractivity contribution in [3.05, 3.63) is 53.6 Å². The van der Waals surface area contributed by atoms with Crippen LogP contribution in [-0.2, 0) is 11.2 Å². The van der Waals surface area contributed by atoms with E-state index in [1.807, 2.05) is 36.4 Å². The third-order valence-corrected chi connectivity index (χ3v) is 5.01. The smallest absolute Gasteiger partial charge is 0.265 e. The summed E-state index contributed by atoms with van der Waals surface area (Å²) < 4.78 is 10.9. The minimum absolute atomic E-state index is 0.0108. The molecule has 1 heterocycles. The van der Waals surface area contributed by atoms with Crippen LogP contribution < -0.4 is 25.0 Å². The number of rotatable bonds is 8. The molecule has 0 aromatic heterocycles. The molecule has 0 saturated carbocycles. The molecule has 0 bridgehead atoms. The van der Waals surface area contributed by atoms with Crippen molar-refractivity contribution >= 4 is 17.6 Å². The van der Waals surface area contributed by atoms with Crippen molar-refractivity contribution in [2.75, 3.05) is 45.3 Å². The number of methoxy groups -OCH3 is 1. The Kier molecular flexibility index (Phi) is 7.54. The fourth-order valence-electron chi connectivity index (χ4n) is 3.48. The van der Waals surface area contributed by atoms with E-state index in [0.29, 0.717) is 13.1 Å². The number of nitrogens with one attached hydrogen (secondary N) is 2. The quantitative estimate of drug-likeness (QED) is 0.397. The number of aliphatic imine (C=N–C) groups is 1. The average Bonchev–Trinajstić information content (AvgIpc) is 2.76. The van der Waals surface area contributed by atoms with Gasteiger partial charge in [0.25, 0.3) is 5.91 Å². The molecule has 7 nitrogen and oxygen atoms in total. The minimum atomic E-state index is -0.0108. The number of ether oxygens (including phenoxy) is 2. The van der Waals surface area contributed by atoms with Gasteiger partial charge in [0.2, 0.25) is 0 Å².